The van der Waals surface area contributed by atoms with Crippen molar-refractivity contribution in [3.05, 3.63) is 52.3 Å². The van der Waals surface area contributed by atoms with Gasteiger partial charge in [-0.2, -0.15) is 4.80 Å². The smallest absolute Gasteiger partial charge is 0.207 e. The number of aromatic nitrogens is 4. The first-order valence-electron chi connectivity index (χ1n) is 12.3. The Hall–Kier alpha value is -3.33. The normalized spacial score (nSPS) is 14.2. The summed E-state index contributed by atoms with van der Waals surface area (Å²) >= 11 is 0. The summed E-state index contributed by atoms with van der Waals surface area (Å²) in [4.78, 5) is 16.8. The molecule has 3 aromatic rings. The zero-order chi connectivity index (χ0) is 26.0. The number of ether oxygens (including phenoxy) is 2. The van der Waals surface area contributed by atoms with Gasteiger partial charge in [0.2, 0.25) is 5.82 Å². The molecule has 0 unspecified atom stereocenters. The van der Waals surface area contributed by atoms with E-state index < -0.39 is 0 Å². The molecule has 9 heteroatoms. The third-order valence-corrected chi connectivity index (χ3v) is 6.48. The number of aryl methyl sites for hydroxylation is 1. The summed E-state index contributed by atoms with van der Waals surface area (Å²) in [5.41, 5.74) is 3.80. The molecule has 192 valence electrons. The van der Waals surface area contributed by atoms with Crippen molar-refractivity contribution in [2.45, 2.75) is 53.5 Å². The molecule has 2 heterocycles. The number of hydrogen-bond acceptors (Lipinski definition) is 7. The lowest BCUT2D eigenvalue weighted by atomic mass is 9.84. The van der Waals surface area contributed by atoms with Crippen LogP contribution in [0.2, 0.25) is 0 Å². The molecule has 1 aromatic heterocycles. The molecule has 0 bridgehead atoms. The van der Waals surface area contributed by atoms with Crippen molar-refractivity contribution < 1.29 is 18.7 Å². The van der Waals surface area contributed by atoms with Crippen molar-refractivity contribution in [1.29, 1.82) is 0 Å². The summed E-state index contributed by atoms with van der Waals surface area (Å²) in [6.45, 7) is 14.9. The molecule has 1 saturated heterocycles. The Morgan fingerprint density at radius 2 is 1.89 bits per heavy atom. The number of nitrogens with zero attached hydrogens (tertiary/aromatic N) is 5. The van der Waals surface area contributed by atoms with Gasteiger partial charge in [-0.3, -0.25) is 4.79 Å². The Morgan fingerprint density at radius 1 is 1.17 bits per heavy atom. The van der Waals surface area contributed by atoms with Gasteiger partial charge in [0.25, 0.3) is 0 Å². The van der Waals surface area contributed by atoms with E-state index in [0.29, 0.717) is 30.9 Å². The van der Waals surface area contributed by atoms with E-state index in [4.69, 9.17) is 9.47 Å². The van der Waals surface area contributed by atoms with Crippen LogP contribution in [0.5, 0.6) is 5.75 Å². The number of carbonyl (C=O) groups is 1. The second-order valence-electron chi connectivity index (χ2n) is 10.1. The molecule has 0 saturated carbocycles. The maximum Gasteiger partial charge on any atom is 0.207 e. The van der Waals surface area contributed by atoms with Gasteiger partial charge in [-0.1, -0.05) is 26.8 Å². The monoisotopic (exact) mass is 495 g/mol. The summed E-state index contributed by atoms with van der Waals surface area (Å²) in [5, 5.41) is 12.3. The highest BCUT2D eigenvalue weighted by molar-refractivity contribution is 5.97. The van der Waals surface area contributed by atoms with E-state index in [1.54, 1.807) is 13.0 Å². The molecule has 1 aliphatic heterocycles. The molecule has 2 aromatic carbocycles. The van der Waals surface area contributed by atoms with Crippen molar-refractivity contribution in [2.75, 3.05) is 37.8 Å². The molecule has 0 aliphatic carbocycles. The Morgan fingerprint density at radius 3 is 2.56 bits per heavy atom. The lowest BCUT2D eigenvalue weighted by Crippen LogP contribution is -2.37. The number of halogens is 1. The first-order chi connectivity index (χ1) is 17.1. The maximum absolute atomic E-state index is 14.8. The van der Waals surface area contributed by atoms with E-state index in [-0.39, 0.29) is 34.9 Å². The summed E-state index contributed by atoms with van der Waals surface area (Å²) in [6.07, 6.45) is 0. The zero-order valence-corrected chi connectivity index (χ0v) is 21.9. The van der Waals surface area contributed by atoms with E-state index in [9.17, 15) is 9.18 Å². The average Bonchev–Trinajstić information content (AvgIpc) is 3.30. The highest BCUT2D eigenvalue weighted by Gasteiger charge is 2.27. The summed E-state index contributed by atoms with van der Waals surface area (Å²) < 4.78 is 26.4. The van der Waals surface area contributed by atoms with Crippen LogP contribution in [0.25, 0.3) is 11.4 Å². The summed E-state index contributed by atoms with van der Waals surface area (Å²) in [7, 11) is 0. The molecule has 8 nitrogen and oxygen atoms in total. The van der Waals surface area contributed by atoms with Crippen LogP contribution in [0.4, 0.5) is 10.1 Å². The summed E-state index contributed by atoms with van der Waals surface area (Å²) in [6, 6.07) is 7.24. The Balaban J connectivity index is 1.68. The number of rotatable bonds is 7. The van der Waals surface area contributed by atoms with Crippen LogP contribution in [-0.4, -0.2) is 58.9 Å². The first-order valence-corrected chi connectivity index (χ1v) is 12.3. The number of carbonyl (C=O) groups excluding carboxylic acids is 1. The number of hydrogen-bond donors (Lipinski definition) is 0. The van der Waals surface area contributed by atoms with Crippen molar-refractivity contribution in [3.63, 3.8) is 0 Å². The lowest BCUT2D eigenvalue weighted by Gasteiger charge is -2.33. The van der Waals surface area contributed by atoms with Gasteiger partial charge in [-0.25, -0.2) is 4.39 Å². The number of tetrazole rings is 1. The minimum absolute atomic E-state index is 0.112. The first kappa shape index (κ1) is 25.8. The van der Waals surface area contributed by atoms with Gasteiger partial charge in [0.05, 0.1) is 31.1 Å². The van der Waals surface area contributed by atoms with Gasteiger partial charge >= 0.3 is 0 Å². The van der Waals surface area contributed by atoms with Gasteiger partial charge in [0, 0.05) is 24.2 Å². The molecular formula is C27H34FN5O3. The fourth-order valence-corrected chi connectivity index (χ4v) is 4.26. The van der Waals surface area contributed by atoms with Crippen LogP contribution in [0.15, 0.2) is 24.3 Å². The quantitative estimate of drug-likeness (QED) is 0.446. The highest BCUT2D eigenvalue weighted by Crippen LogP contribution is 2.41. The molecule has 0 amide bonds. The van der Waals surface area contributed by atoms with Gasteiger partial charge < -0.3 is 14.4 Å². The maximum atomic E-state index is 14.8. The fraction of sp³-hybridized carbons (Fsp3) is 0.481. The molecule has 0 spiro atoms. The molecule has 0 N–H and O–H groups in total. The predicted octanol–water partition coefficient (Wildman–Crippen LogP) is 4.51. The topological polar surface area (TPSA) is 82.4 Å². The highest BCUT2D eigenvalue weighted by atomic mass is 19.1. The van der Waals surface area contributed by atoms with Crippen LogP contribution < -0.4 is 9.64 Å². The van der Waals surface area contributed by atoms with E-state index in [0.717, 1.165) is 35.7 Å². The number of Topliss-reactive ketones (excluding diaryl/α,β-unsaturated/α-hetero) is 1. The molecule has 1 aliphatic rings. The van der Waals surface area contributed by atoms with E-state index in [1.165, 1.54) is 4.80 Å². The molecule has 1 fully saturated rings. The van der Waals surface area contributed by atoms with Crippen LogP contribution in [-0.2, 0) is 16.7 Å². The number of morpholine rings is 1. The minimum Gasteiger partial charge on any atom is -0.491 e. The Kier molecular flexibility index (Phi) is 7.40. The van der Waals surface area contributed by atoms with Crippen molar-refractivity contribution in [3.8, 4) is 17.1 Å². The van der Waals surface area contributed by atoms with Crippen LogP contribution in [0, 0.1) is 19.7 Å². The standard InChI is InChI=1S/C27H34FN5O3/c1-7-36-25-21(27(4,5)6)14-19(15-22(25)32-10-12-35-13-11-32)23(34)16-33-30-26(29-31-33)20-9-8-17(2)18(3)24(20)28/h8-9,14-15H,7,10-13,16H2,1-6H3. The average molecular weight is 496 g/mol. The van der Waals surface area contributed by atoms with Gasteiger partial charge in [0.1, 0.15) is 18.1 Å². The fourth-order valence-electron chi connectivity index (χ4n) is 4.26. The molecule has 36 heavy (non-hydrogen) atoms. The van der Waals surface area contributed by atoms with Gasteiger partial charge in [-0.15, -0.1) is 10.2 Å². The van der Waals surface area contributed by atoms with Crippen LogP contribution in [0.1, 0.15) is 54.7 Å². The second kappa shape index (κ2) is 10.3. The largest absolute Gasteiger partial charge is 0.491 e. The Bertz CT molecular complexity index is 1260. The van der Waals surface area contributed by atoms with Crippen LogP contribution >= 0.6 is 0 Å². The van der Waals surface area contributed by atoms with Crippen molar-refractivity contribution in [2.24, 2.45) is 0 Å². The van der Waals surface area contributed by atoms with Crippen molar-refractivity contribution >= 4 is 11.5 Å². The molecule has 4 rings (SSSR count). The van der Waals surface area contributed by atoms with E-state index >= 15 is 0 Å². The summed E-state index contributed by atoms with van der Waals surface area (Å²) in [5.74, 6) is 0.411. The van der Waals surface area contributed by atoms with Crippen LogP contribution in [0.3, 0.4) is 0 Å². The second-order valence-corrected chi connectivity index (χ2v) is 10.1. The van der Waals surface area contributed by atoms with Gasteiger partial charge in [0.15, 0.2) is 5.78 Å². The van der Waals surface area contributed by atoms with E-state index in [2.05, 4.69) is 41.1 Å². The van der Waals surface area contributed by atoms with Crippen molar-refractivity contribution in [1.82, 2.24) is 20.2 Å². The molecule has 0 radical (unpaired) electrons. The third kappa shape index (κ3) is 5.26. The number of benzene rings is 2. The zero-order valence-electron chi connectivity index (χ0n) is 21.9. The minimum atomic E-state index is -0.377. The Labute approximate surface area is 211 Å². The SMILES string of the molecule is CCOc1c(N2CCOCC2)cc(C(=O)Cn2nnc(-c3ccc(C)c(C)c3F)n2)cc1C(C)(C)C. The van der Waals surface area contributed by atoms with Gasteiger partial charge in [-0.05, 0) is 60.7 Å². The number of anilines is 1. The van der Waals surface area contributed by atoms with E-state index in [1.807, 2.05) is 32.0 Å². The molecular weight excluding hydrogens is 461 g/mol. The lowest BCUT2D eigenvalue weighted by molar-refractivity contribution is 0.0961. The molecule has 0 atom stereocenters. The predicted molar refractivity (Wildman–Crippen MR) is 136 cm³/mol. The third-order valence-electron chi connectivity index (χ3n) is 6.48. The number of ketones is 1.